The Hall–Kier alpha value is -3.14. The number of imidazole rings is 1. The second-order valence-corrected chi connectivity index (χ2v) is 6.46. The van der Waals surface area contributed by atoms with Gasteiger partial charge in [-0.25, -0.2) is 15.0 Å². The SMILES string of the molecule is Cc1ccc2nc(-c3nc(N4CCC(C#N)CC4)cnc3N)[nH]c2c1. The van der Waals surface area contributed by atoms with Crippen LogP contribution >= 0.6 is 0 Å². The number of rotatable bonds is 2. The Morgan fingerprint density at radius 3 is 2.84 bits per heavy atom. The van der Waals surface area contributed by atoms with Crippen LogP contribution in [-0.2, 0) is 0 Å². The first kappa shape index (κ1) is 15.4. The third-order valence-corrected chi connectivity index (χ3v) is 4.65. The number of nitrogens with zero attached hydrogens (tertiary/aromatic N) is 5. The number of hydrogen-bond acceptors (Lipinski definition) is 6. The van der Waals surface area contributed by atoms with E-state index < -0.39 is 0 Å². The molecule has 0 aliphatic carbocycles. The summed E-state index contributed by atoms with van der Waals surface area (Å²) in [6, 6.07) is 8.39. The first-order valence-electron chi connectivity index (χ1n) is 8.38. The Balaban J connectivity index is 1.68. The summed E-state index contributed by atoms with van der Waals surface area (Å²) in [4.78, 5) is 19.0. The molecule has 7 nitrogen and oxygen atoms in total. The van der Waals surface area contributed by atoms with Crippen LogP contribution in [0.2, 0.25) is 0 Å². The number of aromatic amines is 1. The van der Waals surface area contributed by atoms with Crippen LogP contribution in [0.1, 0.15) is 18.4 Å². The summed E-state index contributed by atoms with van der Waals surface area (Å²) in [5.74, 6) is 1.89. The third kappa shape index (κ3) is 2.87. The lowest BCUT2D eigenvalue weighted by atomic mass is 9.99. The predicted molar refractivity (Wildman–Crippen MR) is 96.8 cm³/mol. The van der Waals surface area contributed by atoms with Crippen molar-refractivity contribution in [2.24, 2.45) is 5.92 Å². The number of nitriles is 1. The van der Waals surface area contributed by atoms with Gasteiger partial charge in [-0.1, -0.05) is 6.07 Å². The van der Waals surface area contributed by atoms with E-state index in [4.69, 9.17) is 16.0 Å². The van der Waals surface area contributed by atoms with Crippen LogP contribution in [0.15, 0.2) is 24.4 Å². The highest BCUT2D eigenvalue weighted by Crippen LogP contribution is 2.27. The van der Waals surface area contributed by atoms with E-state index in [2.05, 4.69) is 25.9 Å². The molecule has 4 rings (SSSR count). The normalized spacial score (nSPS) is 15.4. The Labute approximate surface area is 145 Å². The summed E-state index contributed by atoms with van der Waals surface area (Å²) in [5, 5.41) is 9.04. The molecule has 0 saturated carbocycles. The highest BCUT2D eigenvalue weighted by atomic mass is 15.2. The second-order valence-electron chi connectivity index (χ2n) is 6.46. The molecule has 25 heavy (non-hydrogen) atoms. The lowest BCUT2D eigenvalue weighted by Gasteiger charge is -2.30. The Bertz CT molecular complexity index is 961. The number of hydrogen-bond donors (Lipinski definition) is 2. The van der Waals surface area contributed by atoms with Crippen molar-refractivity contribution < 1.29 is 0 Å². The van der Waals surface area contributed by atoms with Crippen molar-refractivity contribution in [3.05, 3.63) is 30.0 Å². The molecular formula is C18H19N7. The summed E-state index contributed by atoms with van der Waals surface area (Å²) in [7, 11) is 0. The average molecular weight is 333 g/mol. The average Bonchev–Trinajstić information content (AvgIpc) is 3.05. The molecular weight excluding hydrogens is 314 g/mol. The van der Waals surface area contributed by atoms with E-state index >= 15 is 0 Å². The zero-order chi connectivity index (χ0) is 17.4. The summed E-state index contributed by atoms with van der Waals surface area (Å²) in [5.41, 5.74) is 9.61. The molecule has 3 aromatic rings. The second kappa shape index (κ2) is 6.06. The van der Waals surface area contributed by atoms with Crippen molar-refractivity contribution in [3.8, 4) is 17.6 Å². The summed E-state index contributed by atoms with van der Waals surface area (Å²) >= 11 is 0. The van der Waals surface area contributed by atoms with Crippen molar-refractivity contribution in [3.63, 3.8) is 0 Å². The number of piperidine rings is 1. The minimum atomic E-state index is 0.135. The van der Waals surface area contributed by atoms with Gasteiger partial charge in [0.2, 0.25) is 0 Å². The van der Waals surface area contributed by atoms with Gasteiger partial charge in [0.25, 0.3) is 0 Å². The number of aromatic nitrogens is 4. The molecule has 0 radical (unpaired) electrons. The Kier molecular flexibility index (Phi) is 3.73. The smallest absolute Gasteiger partial charge is 0.161 e. The number of fused-ring (bicyclic) bond motifs is 1. The van der Waals surface area contributed by atoms with Crippen molar-refractivity contribution in [2.45, 2.75) is 19.8 Å². The van der Waals surface area contributed by atoms with Gasteiger partial charge in [0.05, 0.1) is 23.3 Å². The molecule has 2 aromatic heterocycles. The van der Waals surface area contributed by atoms with Crippen LogP contribution < -0.4 is 10.6 Å². The zero-order valence-corrected chi connectivity index (χ0v) is 14.0. The van der Waals surface area contributed by atoms with Gasteiger partial charge in [0.15, 0.2) is 17.3 Å². The van der Waals surface area contributed by atoms with Gasteiger partial charge in [-0.05, 0) is 37.5 Å². The molecule has 0 atom stereocenters. The van der Waals surface area contributed by atoms with Crippen LogP contribution in [0.5, 0.6) is 0 Å². The van der Waals surface area contributed by atoms with Crippen LogP contribution in [0, 0.1) is 24.2 Å². The summed E-state index contributed by atoms with van der Waals surface area (Å²) in [6.07, 6.45) is 3.39. The van der Waals surface area contributed by atoms with Crippen LogP contribution in [0.3, 0.4) is 0 Å². The lowest BCUT2D eigenvalue weighted by molar-refractivity contribution is 0.485. The third-order valence-electron chi connectivity index (χ3n) is 4.65. The number of aryl methyl sites for hydroxylation is 1. The van der Waals surface area contributed by atoms with Crippen molar-refractivity contribution >= 4 is 22.7 Å². The largest absolute Gasteiger partial charge is 0.382 e. The highest BCUT2D eigenvalue weighted by Gasteiger charge is 2.21. The van der Waals surface area contributed by atoms with E-state index in [1.54, 1.807) is 6.20 Å². The van der Waals surface area contributed by atoms with Crippen LogP contribution in [0.25, 0.3) is 22.6 Å². The maximum atomic E-state index is 9.04. The number of H-pyrrole nitrogens is 1. The van der Waals surface area contributed by atoms with Crippen LogP contribution in [0.4, 0.5) is 11.6 Å². The maximum absolute atomic E-state index is 9.04. The number of benzene rings is 1. The molecule has 1 aliphatic rings. The first-order chi connectivity index (χ1) is 12.1. The molecule has 1 aromatic carbocycles. The van der Waals surface area contributed by atoms with Crippen molar-refractivity contribution in [2.75, 3.05) is 23.7 Å². The summed E-state index contributed by atoms with van der Waals surface area (Å²) < 4.78 is 0. The van der Waals surface area contributed by atoms with Gasteiger partial charge in [-0.2, -0.15) is 5.26 Å². The molecule has 3 N–H and O–H groups in total. The maximum Gasteiger partial charge on any atom is 0.161 e. The fraction of sp³-hybridized carbons (Fsp3) is 0.333. The molecule has 1 fully saturated rings. The van der Waals surface area contributed by atoms with Gasteiger partial charge in [-0.3, -0.25) is 0 Å². The Morgan fingerprint density at radius 2 is 2.08 bits per heavy atom. The van der Waals surface area contributed by atoms with E-state index in [-0.39, 0.29) is 5.92 Å². The monoisotopic (exact) mass is 333 g/mol. The van der Waals surface area contributed by atoms with Gasteiger partial charge >= 0.3 is 0 Å². The van der Waals surface area contributed by atoms with Crippen LogP contribution in [-0.4, -0.2) is 33.0 Å². The molecule has 0 amide bonds. The fourth-order valence-electron chi connectivity index (χ4n) is 3.19. The molecule has 126 valence electrons. The van der Waals surface area contributed by atoms with Gasteiger partial charge in [0, 0.05) is 19.0 Å². The fourth-order valence-corrected chi connectivity index (χ4v) is 3.19. The molecule has 0 spiro atoms. The predicted octanol–water partition coefficient (Wildman–Crippen LogP) is 2.65. The van der Waals surface area contributed by atoms with E-state index in [9.17, 15) is 0 Å². The van der Waals surface area contributed by atoms with Gasteiger partial charge in [0.1, 0.15) is 5.82 Å². The highest BCUT2D eigenvalue weighted by molar-refractivity contribution is 5.81. The van der Waals surface area contributed by atoms with E-state index in [1.165, 1.54) is 0 Å². The van der Waals surface area contributed by atoms with E-state index in [0.717, 1.165) is 48.3 Å². The lowest BCUT2D eigenvalue weighted by Crippen LogP contribution is -2.34. The number of nitrogen functional groups attached to an aromatic ring is 1. The molecule has 1 aliphatic heterocycles. The minimum absolute atomic E-state index is 0.135. The van der Waals surface area contributed by atoms with Gasteiger partial charge < -0.3 is 15.6 Å². The number of anilines is 2. The quantitative estimate of drug-likeness (QED) is 0.746. The standard InChI is InChI=1S/C18H19N7/c1-11-2-3-13-14(8-11)23-18(22-13)16-17(20)21-10-15(24-16)25-6-4-12(9-19)5-7-25/h2-3,8,10,12H,4-7H2,1H3,(H2,20,21)(H,22,23). The van der Waals surface area contributed by atoms with Crippen molar-refractivity contribution in [1.82, 2.24) is 19.9 Å². The van der Waals surface area contributed by atoms with E-state index in [0.29, 0.717) is 17.3 Å². The molecule has 0 bridgehead atoms. The van der Waals surface area contributed by atoms with Gasteiger partial charge in [-0.15, -0.1) is 0 Å². The molecule has 3 heterocycles. The number of nitrogens with one attached hydrogen (secondary N) is 1. The zero-order valence-electron chi connectivity index (χ0n) is 14.0. The molecule has 1 saturated heterocycles. The topological polar surface area (TPSA) is 108 Å². The first-order valence-corrected chi connectivity index (χ1v) is 8.38. The minimum Gasteiger partial charge on any atom is -0.382 e. The van der Waals surface area contributed by atoms with Crippen molar-refractivity contribution in [1.29, 1.82) is 5.26 Å². The molecule has 7 heteroatoms. The molecule has 0 unspecified atom stereocenters. The van der Waals surface area contributed by atoms with E-state index in [1.807, 2.05) is 25.1 Å². The Morgan fingerprint density at radius 1 is 1.28 bits per heavy atom. The summed E-state index contributed by atoms with van der Waals surface area (Å²) in [6.45, 7) is 3.64. The number of nitrogens with two attached hydrogens (primary N) is 1.